The maximum absolute atomic E-state index is 5.12. The highest BCUT2D eigenvalue weighted by Crippen LogP contribution is 2.16. The third-order valence-electron chi connectivity index (χ3n) is 2.59. The van der Waals surface area contributed by atoms with E-state index >= 15 is 0 Å². The summed E-state index contributed by atoms with van der Waals surface area (Å²) in [6, 6.07) is 8.38. The van der Waals surface area contributed by atoms with Gasteiger partial charge in [0.1, 0.15) is 10.8 Å². The summed E-state index contributed by atoms with van der Waals surface area (Å²) in [5, 5.41) is 6.57. The second-order valence-corrected chi connectivity index (χ2v) is 4.75. The van der Waals surface area contributed by atoms with Crippen molar-refractivity contribution in [3.05, 3.63) is 46.4 Å². The van der Waals surface area contributed by atoms with Gasteiger partial charge in [-0.05, 0) is 24.6 Å². The van der Waals surface area contributed by atoms with Gasteiger partial charge >= 0.3 is 0 Å². The number of hydrogen-bond donors (Lipinski definition) is 1. The molecular weight excluding hydrogens is 232 g/mol. The van der Waals surface area contributed by atoms with Crippen molar-refractivity contribution in [1.82, 2.24) is 10.3 Å². The van der Waals surface area contributed by atoms with Gasteiger partial charge in [-0.15, -0.1) is 11.3 Å². The van der Waals surface area contributed by atoms with Crippen molar-refractivity contribution in [3.63, 3.8) is 0 Å². The average molecular weight is 248 g/mol. The molecule has 0 saturated carbocycles. The predicted octanol–water partition coefficient (Wildman–Crippen LogP) is 3.00. The SMILES string of the molecule is COc1ccc(CNC(C)c2nccs2)cc1. The van der Waals surface area contributed by atoms with E-state index in [-0.39, 0.29) is 6.04 Å². The fourth-order valence-electron chi connectivity index (χ4n) is 1.55. The maximum atomic E-state index is 5.12. The second-order valence-electron chi connectivity index (χ2n) is 3.82. The number of hydrogen-bond acceptors (Lipinski definition) is 4. The largest absolute Gasteiger partial charge is 0.497 e. The molecule has 17 heavy (non-hydrogen) atoms. The van der Waals surface area contributed by atoms with Crippen LogP contribution in [0.15, 0.2) is 35.8 Å². The zero-order chi connectivity index (χ0) is 12.1. The molecule has 3 nitrogen and oxygen atoms in total. The molecule has 1 N–H and O–H groups in total. The lowest BCUT2D eigenvalue weighted by atomic mass is 10.2. The minimum atomic E-state index is 0.289. The van der Waals surface area contributed by atoms with Gasteiger partial charge in [0.25, 0.3) is 0 Å². The molecule has 1 unspecified atom stereocenters. The number of ether oxygens (including phenoxy) is 1. The Morgan fingerprint density at radius 2 is 2.12 bits per heavy atom. The zero-order valence-electron chi connectivity index (χ0n) is 10.0. The summed E-state index contributed by atoms with van der Waals surface area (Å²) in [6.45, 7) is 2.97. The second kappa shape index (κ2) is 5.80. The van der Waals surface area contributed by atoms with Crippen molar-refractivity contribution in [2.45, 2.75) is 19.5 Å². The third kappa shape index (κ3) is 3.28. The summed E-state index contributed by atoms with van der Waals surface area (Å²) in [6.07, 6.45) is 1.84. The van der Waals surface area contributed by atoms with Gasteiger partial charge in [-0.3, -0.25) is 0 Å². The molecule has 2 aromatic rings. The number of thiazole rings is 1. The predicted molar refractivity (Wildman–Crippen MR) is 70.4 cm³/mol. The van der Waals surface area contributed by atoms with Crippen molar-refractivity contribution >= 4 is 11.3 Å². The Bertz CT molecular complexity index is 439. The normalized spacial score (nSPS) is 12.4. The number of nitrogens with zero attached hydrogens (tertiary/aromatic N) is 1. The Balaban J connectivity index is 1.89. The van der Waals surface area contributed by atoms with E-state index in [1.165, 1.54) is 5.56 Å². The molecule has 0 bridgehead atoms. The van der Waals surface area contributed by atoms with Gasteiger partial charge in [-0.2, -0.15) is 0 Å². The van der Waals surface area contributed by atoms with Crippen LogP contribution < -0.4 is 10.1 Å². The molecule has 2 rings (SSSR count). The van der Waals surface area contributed by atoms with Crippen LogP contribution in [0, 0.1) is 0 Å². The molecule has 90 valence electrons. The van der Waals surface area contributed by atoms with Crippen LogP contribution in [0.4, 0.5) is 0 Å². The smallest absolute Gasteiger partial charge is 0.118 e. The quantitative estimate of drug-likeness (QED) is 0.883. The molecule has 1 atom stereocenters. The first-order valence-electron chi connectivity index (χ1n) is 5.55. The first-order valence-corrected chi connectivity index (χ1v) is 6.43. The van der Waals surface area contributed by atoms with E-state index in [2.05, 4.69) is 29.4 Å². The van der Waals surface area contributed by atoms with Crippen LogP contribution >= 0.6 is 11.3 Å². The van der Waals surface area contributed by atoms with Gasteiger partial charge in [0.15, 0.2) is 0 Å². The Morgan fingerprint density at radius 1 is 1.35 bits per heavy atom. The van der Waals surface area contributed by atoms with E-state index in [9.17, 15) is 0 Å². The Kier molecular flexibility index (Phi) is 4.12. The summed E-state index contributed by atoms with van der Waals surface area (Å²) in [5.41, 5.74) is 1.24. The van der Waals surface area contributed by atoms with Crippen LogP contribution in [0.25, 0.3) is 0 Å². The molecule has 0 amide bonds. The number of rotatable bonds is 5. The van der Waals surface area contributed by atoms with Gasteiger partial charge < -0.3 is 10.1 Å². The number of benzene rings is 1. The monoisotopic (exact) mass is 248 g/mol. The van der Waals surface area contributed by atoms with E-state index in [1.807, 2.05) is 23.7 Å². The Morgan fingerprint density at radius 3 is 2.71 bits per heavy atom. The van der Waals surface area contributed by atoms with Crippen molar-refractivity contribution in [2.24, 2.45) is 0 Å². The lowest BCUT2D eigenvalue weighted by Crippen LogP contribution is -2.17. The van der Waals surface area contributed by atoms with Gasteiger partial charge in [0.2, 0.25) is 0 Å². The summed E-state index contributed by atoms with van der Waals surface area (Å²) in [4.78, 5) is 4.29. The van der Waals surface area contributed by atoms with Crippen LogP contribution in [0.5, 0.6) is 5.75 Å². The van der Waals surface area contributed by atoms with Crippen LogP contribution in [0.1, 0.15) is 23.5 Å². The maximum Gasteiger partial charge on any atom is 0.118 e. The Hall–Kier alpha value is -1.39. The van der Waals surface area contributed by atoms with Crippen LogP contribution in [-0.4, -0.2) is 12.1 Å². The molecule has 0 saturated heterocycles. The molecule has 1 aromatic carbocycles. The van der Waals surface area contributed by atoms with Crippen LogP contribution in [0.2, 0.25) is 0 Å². The topological polar surface area (TPSA) is 34.1 Å². The van der Waals surface area contributed by atoms with Crippen molar-refractivity contribution in [1.29, 1.82) is 0 Å². The number of nitrogens with one attached hydrogen (secondary N) is 1. The molecule has 0 aliphatic carbocycles. The van der Waals surface area contributed by atoms with Crippen LogP contribution in [0.3, 0.4) is 0 Å². The van der Waals surface area contributed by atoms with Crippen molar-refractivity contribution < 1.29 is 4.74 Å². The fourth-order valence-corrected chi connectivity index (χ4v) is 2.22. The van der Waals surface area contributed by atoms with Crippen LogP contribution in [-0.2, 0) is 6.54 Å². The van der Waals surface area contributed by atoms with E-state index in [1.54, 1.807) is 18.4 Å². The van der Waals surface area contributed by atoms with Gasteiger partial charge in [-0.1, -0.05) is 12.1 Å². The third-order valence-corrected chi connectivity index (χ3v) is 3.55. The van der Waals surface area contributed by atoms with Gasteiger partial charge in [-0.25, -0.2) is 4.98 Å². The van der Waals surface area contributed by atoms with E-state index < -0.39 is 0 Å². The summed E-state index contributed by atoms with van der Waals surface area (Å²) in [7, 11) is 1.68. The molecule has 4 heteroatoms. The zero-order valence-corrected chi connectivity index (χ0v) is 10.8. The molecule has 0 spiro atoms. The summed E-state index contributed by atoms with van der Waals surface area (Å²) < 4.78 is 5.12. The highest BCUT2D eigenvalue weighted by Gasteiger charge is 2.06. The van der Waals surface area contributed by atoms with Gasteiger partial charge in [0.05, 0.1) is 13.2 Å². The lowest BCUT2D eigenvalue weighted by Gasteiger charge is -2.11. The van der Waals surface area contributed by atoms with E-state index in [4.69, 9.17) is 4.74 Å². The molecule has 0 aliphatic heterocycles. The molecular formula is C13H16N2OS. The van der Waals surface area contributed by atoms with E-state index in [0.717, 1.165) is 17.3 Å². The molecule has 1 aromatic heterocycles. The molecule has 0 fully saturated rings. The highest BCUT2D eigenvalue weighted by atomic mass is 32.1. The first kappa shape index (κ1) is 12.1. The Labute approximate surface area is 105 Å². The standard InChI is InChI=1S/C13H16N2OS/c1-10(13-14-7-8-17-13)15-9-11-3-5-12(16-2)6-4-11/h3-8,10,15H,9H2,1-2H3. The lowest BCUT2D eigenvalue weighted by molar-refractivity contribution is 0.414. The molecule has 1 heterocycles. The van der Waals surface area contributed by atoms with Crippen molar-refractivity contribution in [3.8, 4) is 5.75 Å². The number of methoxy groups -OCH3 is 1. The minimum absolute atomic E-state index is 0.289. The van der Waals surface area contributed by atoms with Crippen molar-refractivity contribution in [2.75, 3.05) is 7.11 Å². The van der Waals surface area contributed by atoms with E-state index in [0.29, 0.717) is 0 Å². The van der Waals surface area contributed by atoms with Gasteiger partial charge in [0, 0.05) is 18.1 Å². The minimum Gasteiger partial charge on any atom is -0.497 e. The summed E-state index contributed by atoms with van der Waals surface area (Å²) in [5.74, 6) is 0.890. The molecule has 0 aliphatic rings. The fraction of sp³-hybridized carbons (Fsp3) is 0.308. The molecule has 0 radical (unpaired) electrons. The highest BCUT2D eigenvalue weighted by molar-refractivity contribution is 7.09. The number of aromatic nitrogens is 1. The average Bonchev–Trinajstić information content (AvgIpc) is 2.90. The first-order chi connectivity index (χ1) is 8.29. The summed E-state index contributed by atoms with van der Waals surface area (Å²) >= 11 is 1.68.